The first-order valence-electron chi connectivity index (χ1n) is 11.3. The molecule has 0 aliphatic heterocycles. The summed E-state index contributed by atoms with van der Waals surface area (Å²) in [4.78, 5) is 18.3. The minimum Gasteiger partial charge on any atom is -0.340 e. The number of anilines is 2. The van der Waals surface area contributed by atoms with Crippen LogP contribution in [0.25, 0.3) is 21.1 Å². The number of aromatic nitrogens is 5. The molecule has 1 unspecified atom stereocenters. The van der Waals surface area contributed by atoms with Gasteiger partial charge in [-0.05, 0) is 73.7 Å². The predicted molar refractivity (Wildman–Crippen MR) is 133 cm³/mol. The third-order valence-electron chi connectivity index (χ3n) is 6.42. The van der Waals surface area contributed by atoms with E-state index in [0.717, 1.165) is 53.2 Å². The molecule has 1 aliphatic carbocycles. The van der Waals surface area contributed by atoms with Gasteiger partial charge in [0.15, 0.2) is 0 Å². The standard InChI is InChI=1S/C25H25N7S/c1-32(13-16-6-8-26-9-7-16)14-17-2-4-20-22(10-17)33-25-23(20)24(27-15-28-25)30-19-3-5-21-18(11-19)12-29-31-21/h3,5-9,11-12,15,17H,2,4,10,13-14H2,1H3,(H,29,31)(H,27,28,30). The first-order valence-corrected chi connectivity index (χ1v) is 12.1. The molecule has 7 nitrogen and oxygen atoms in total. The normalized spacial score (nSPS) is 15.9. The van der Waals surface area contributed by atoms with Crippen LogP contribution in [-0.2, 0) is 19.4 Å². The summed E-state index contributed by atoms with van der Waals surface area (Å²) in [5.41, 5.74) is 4.78. The zero-order valence-electron chi connectivity index (χ0n) is 18.5. The Hall–Kier alpha value is -3.36. The van der Waals surface area contributed by atoms with Gasteiger partial charge in [-0.1, -0.05) is 0 Å². The van der Waals surface area contributed by atoms with Crippen molar-refractivity contribution in [1.82, 2.24) is 30.0 Å². The Kier molecular flexibility index (Phi) is 5.24. The van der Waals surface area contributed by atoms with Crippen LogP contribution in [-0.4, -0.2) is 43.6 Å². The number of pyridine rings is 1. The third-order valence-corrected chi connectivity index (χ3v) is 7.58. The van der Waals surface area contributed by atoms with Gasteiger partial charge in [0, 0.05) is 41.4 Å². The largest absolute Gasteiger partial charge is 0.340 e. The molecule has 4 aromatic heterocycles. The van der Waals surface area contributed by atoms with Crippen molar-refractivity contribution < 1.29 is 0 Å². The number of aryl methyl sites for hydroxylation is 1. The molecule has 0 spiro atoms. The van der Waals surface area contributed by atoms with Crippen LogP contribution in [0, 0.1) is 5.92 Å². The minimum absolute atomic E-state index is 0.658. The number of rotatable bonds is 6. The van der Waals surface area contributed by atoms with E-state index < -0.39 is 0 Å². The SMILES string of the molecule is CN(Cc1ccncc1)CC1CCc2c(sc3ncnc(Nc4ccc5[nH]ncc5c4)c23)C1. The number of H-pyrrole nitrogens is 1. The van der Waals surface area contributed by atoms with E-state index in [-0.39, 0.29) is 0 Å². The van der Waals surface area contributed by atoms with E-state index >= 15 is 0 Å². The van der Waals surface area contributed by atoms with Crippen LogP contribution in [0.3, 0.4) is 0 Å². The van der Waals surface area contributed by atoms with Crippen LogP contribution in [0.4, 0.5) is 11.5 Å². The molecule has 5 aromatic rings. The van der Waals surface area contributed by atoms with Gasteiger partial charge in [-0.25, -0.2) is 9.97 Å². The molecule has 0 bridgehead atoms. The first-order chi connectivity index (χ1) is 16.2. The van der Waals surface area contributed by atoms with Crippen LogP contribution in [0.5, 0.6) is 0 Å². The van der Waals surface area contributed by atoms with Gasteiger partial charge >= 0.3 is 0 Å². The fourth-order valence-corrected chi connectivity index (χ4v) is 6.19. The number of hydrogen-bond acceptors (Lipinski definition) is 7. The van der Waals surface area contributed by atoms with Gasteiger partial charge in [0.1, 0.15) is 17.0 Å². The highest BCUT2D eigenvalue weighted by molar-refractivity contribution is 7.19. The molecule has 0 fully saturated rings. The van der Waals surface area contributed by atoms with E-state index in [1.165, 1.54) is 27.8 Å². The van der Waals surface area contributed by atoms with Crippen molar-refractivity contribution in [3.05, 3.63) is 71.3 Å². The lowest BCUT2D eigenvalue weighted by Gasteiger charge is -2.27. The van der Waals surface area contributed by atoms with Crippen LogP contribution in [0.15, 0.2) is 55.2 Å². The Bertz CT molecular complexity index is 1410. The van der Waals surface area contributed by atoms with Crippen molar-refractivity contribution in [1.29, 1.82) is 0 Å². The lowest BCUT2D eigenvalue weighted by Crippen LogP contribution is -2.28. The average Bonchev–Trinajstić information content (AvgIpc) is 3.43. The van der Waals surface area contributed by atoms with E-state index in [1.807, 2.05) is 36.0 Å². The highest BCUT2D eigenvalue weighted by Gasteiger charge is 2.26. The number of nitrogens with zero attached hydrogens (tertiary/aromatic N) is 5. The maximum atomic E-state index is 4.61. The molecule has 1 atom stereocenters. The van der Waals surface area contributed by atoms with Crippen molar-refractivity contribution >= 4 is 44.0 Å². The Morgan fingerprint density at radius 1 is 1.18 bits per heavy atom. The van der Waals surface area contributed by atoms with E-state index in [9.17, 15) is 0 Å². The maximum absolute atomic E-state index is 4.61. The Balaban J connectivity index is 1.22. The molecule has 0 radical (unpaired) electrons. The Morgan fingerprint density at radius 3 is 3.00 bits per heavy atom. The van der Waals surface area contributed by atoms with Crippen molar-refractivity contribution in [2.75, 3.05) is 18.9 Å². The second kappa shape index (κ2) is 8.53. The van der Waals surface area contributed by atoms with Crippen LogP contribution < -0.4 is 5.32 Å². The molecule has 4 heterocycles. The van der Waals surface area contributed by atoms with Crippen LogP contribution >= 0.6 is 11.3 Å². The van der Waals surface area contributed by atoms with Gasteiger partial charge in [0.05, 0.1) is 17.1 Å². The van der Waals surface area contributed by atoms with Gasteiger partial charge in [-0.3, -0.25) is 10.1 Å². The fourth-order valence-electron chi connectivity index (χ4n) is 4.89. The third kappa shape index (κ3) is 4.07. The van der Waals surface area contributed by atoms with Crippen LogP contribution in [0.2, 0.25) is 0 Å². The summed E-state index contributed by atoms with van der Waals surface area (Å²) in [6, 6.07) is 10.4. The minimum atomic E-state index is 0.658. The summed E-state index contributed by atoms with van der Waals surface area (Å²) in [6.45, 7) is 2.05. The van der Waals surface area contributed by atoms with E-state index in [0.29, 0.717) is 5.92 Å². The quantitative estimate of drug-likeness (QED) is 0.377. The number of aromatic amines is 1. The molecule has 0 saturated carbocycles. The molecule has 0 saturated heterocycles. The van der Waals surface area contributed by atoms with E-state index in [1.54, 1.807) is 6.33 Å². The lowest BCUT2D eigenvalue weighted by atomic mass is 9.87. The number of thiophene rings is 1. The summed E-state index contributed by atoms with van der Waals surface area (Å²) in [5.74, 6) is 1.55. The van der Waals surface area contributed by atoms with Gasteiger partial charge in [0.2, 0.25) is 0 Å². The zero-order valence-corrected chi connectivity index (χ0v) is 19.3. The topological polar surface area (TPSA) is 82.6 Å². The number of hydrogen-bond donors (Lipinski definition) is 2. The summed E-state index contributed by atoms with van der Waals surface area (Å²) in [7, 11) is 2.21. The Morgan fingerprint density at radius 2 is 2.09 bits per heavy atom. The fraction of sp³-hybridized carbons (Fsp3) is 0.280. The van der Waals surface area contributed by atoms with Crippen LogP contribution in [0.1, 0.15) is 22.4 Å². The lowest BCUT2D eigenvalue weighted by molar-refractivity contribution is 0.255. The molecule has 166 valence electrons. The van der Waals surface area contributed by atoms with Gasteiger partial charge in [-0.15, -0.1) is 11.3 Å². The molecular formula is C25H25N7S. The second-order valence-electron chi connectivity index (χ2n) is 8.86. The zero-order chi connectivity index (χ0) is 22.2. The number of benzene rings is 1. The summed E-state index contributed by atoms with van der Waals surface area (Å²) < 4.78 is 0. The highest BCUT2D eigenvalue weighted by Crippen LogP contribution is 2.40. The van der Waals surface area contributed by atoms with Crippen molar-refractivity contribution in [2.45, 2.75) is 25.8 Å². The smallest absolute Gasteiger partial charge is 0.142 e. The predicted octanol–water partition coefficient (Wildman–Crippen LogP) is 4.94. The summed E-state index contributed by atoms with van der Waals surface area (Å²) in [6.07, 6.45) is 10.6. The van der Waals surface area contributed by atoms with Gasteiger partial charge in [-0.2, -0.15) is 5.10 Å². The second-order valence-corrected chi connectivity index (χ2v) is 9.95. The van der Waals surface area contributed by atoms with Gasteiger partial charge in [0.25, 0.3) is 0 Å². The summed E-state index contributed by atoms with van der Waals surface area (Å²) in [5, 5.41) is 12.9. The summed E-state index contributed by atoms with van der Waals surface area (Å²) >= 11 is 1.83. The van der Waals surface area contributed by atoms with Crippen molar-refractivity contribution in [3.8, 4) is 0 Å². The maximum Gasteiger partial charge on any atom is 0.142 e. The number of nitrogens with one attached hydrogen (secondary N) is 2. The van der Waals surface area contributed by atoms with Crippen molar-refractivity contribution in [3.63, 3.8) is 0 Å². The monoisotopic (exact) mass is 455 g/mol. The molecule has 8 heteroatoms. The van der Waals surface area contributed by atoms with Gasteiger partial charge < -0.3 is 10.2 Å². The molecular weight excluding hydrogens is 430 g/mol. The molecule has 33 heavy (non-hydrogen) atoms. The molecule has 1 aromatic carbocycles. The highest BCUT2D eigenvalue weighted by atomic mass is 32.1. The Labute approximate surface area is 195 Å². The number of fused-ring (bicyclic) bond motifs is 4. The van der Waals surface area contributed by atoms with Crippen molar-refractivity contribution in [2.24, 2.45) is 5.92 Å². The molecule has 6 rings (SSSR count). The first kappa shape index (κ1) is 20.3. The average molecular weight is 456 g/mol. The van der Waals surface area contributed by atoms with E-state index in [4.69, 9.17) is 0 Å². The van der Waals surface area contributed by atoms with E-state index in [2.05, 4.69) is 66.7 Å². The molecule has 1 aliphatic rings. The molecule has 2 N–H and O–H groups in total. The molecule has 0 amide bonds.